The molecule has 26 heavy (non-hydrogen) atoms. The summed E-state index contributed by atoms with van der Waals surface area (Å²) in [5.41, 5.74) is 8.06. The van der Waals surface area contributed by atoms with Crippen LogP contribution in [0.2, 0.25) is 0 Å². The van der Waals surface area contributed by atoms with Crippen LogP contribution in [-0.4, -0.2) is 10.8 Å². The van der Waals surface area contributed by atoms with Crippen LogP contribution in [0.4, 0.5) is 5.69 Å². The quantitative estimate of drug-likeness (QED) is 0.705. The molecule has 4 aliphatic rings. The van der Waals surface area contributed by atoms with Crippen molar-refractivity contribution in [1.29, 1.82) is 0 Å². The molecule has 0 atom stereocenters. The van der Waals surface area contributed by atoms with Crippen molar-refractivity contribution in [3.63, 3.8) is 0 Å². The minimum atomic E-state index is -0.128. The lowest BCUT2D eigenvalue weighted by atomic mass is 9.48. The smallest absolute Gasteiger partial charge is 0.181 e. The van der Waals surface area contributed by atoms with Gasteiger partial charge in [0.15, 0.2) is 5.78 Å². The predicted octanol–water partition coefficient (Wildman–Crippen LogP) is 5.58. The monoisotopic (exact) mass is 368 g/mol. The van der Waals surface area contributed by atoms with Gasteiger partial charge in [-0.2, -0.15) is 0 Å². The second-order valence-electron chi connectivity index (χ2n) is 10.2. The molecular weight excluding hydrogens is 340 g/mol. The zero-order chi connectivity index (χ0) is 18.3. The van der Waals surface area contributed by atoms with Crippen molar-refractivity contribution >= 4 is 33.0 Å². The molecule has 2 aromatic rings. The first-order valence-corrected chi connectivity index (χ1v) is 10.8. The number of nitrogens with zero attached hydrogens (tertiary/aromatic N) is 1. The van der Waals surface area contributed by atoms with Gasteiger partial charge in [-0.1, -0.05) is 20.8 Å². The number of nitrogen functional groups attached to an aromatic ring is 1. The Balaban J connectivity index is 1.56. The number of aromatic nitrogens is 1. The molecule has 6 rings (SSSR count). The van der Waals surface area contributed by atoms with Gasteiger partial charge in [0.05, 0.1) is 10.6 Å². The normalized spacial score (nSPS) is 33.1. The second-order valence-corrected chi connectivity index (χ2v) is 11.2. The number of hydrogen-bond donors (Lipinski definition) is 1. The molecule has 0 aliphatic heterocycles. The van der Waals surface area contributed by atoms with Crippen LogP contribution in [0.1, 0.15) is 74.7 Å². The van der Waals surface area contributed by atoms with E-state index in [-0.39, 0.29) is 10.8 Å². The van der Waals surface area contributed by atoms with Gasteiger partial charge in [0.25, 0.3) is 0 Å². The summed E-state index contributed by atoms with van der Waals surface area (Å²) in [6, 6.07) is 4.12. The Morgan fingerprint density at radius 2 is 1.69 bits per heavy atom. The summed E-state index contributed by atoms with van der Waals surface area (Å²) in [6.07, 6.45) is 7.32. The van der Waals surface area contributed by atoms with Crippen LogP contribution in [0.5, 0.6) is 0 Å². The van der Waals surface area contributed by atoms with Crippen molar-refractivity contribution in [2.24, 2.45) is 23.2 Å². The molecule has 2 N–H and O–H groups in total. The summed E-state index contributed by atoms with van der Waals surface area (Å²) in [5, 5.41) is 0.955. The van der Waals surface area contributed by atoms with E-state index >= 15 is 0 Å². The van der Waals surface area contributed by atoms with E-state index in [4.69, 9.17) is 10.7 Å². The van der Waals surface area contributed by atoms with Gasteiger partial charge < -0.3 is 5.73 Å². The third kappa shape index (κ3) is 2.37. The van der Waals surface area contributed by atoms with E-state index in [1.165, 1.54) is 30.6 Å². The van der Waals surface area contributed by atoms with Crippen molar-refractivity contribution < 1.29 is 4.79 Å². The van der Waals surface area contributed by atoms with E-state index < -0.39 is 0 Å². The number of carbonyl (C=O) groups is 1. The lowest BCUT2D eigenvalue weighted by Gasteiger charge is -2.55. The molecule has 0 radical (unpaired) electrons. The Kier molecular flexibility index (Phi) is 3.42. The van der Waals surface area contributed by atoms with Gasteiger partial charge in [0.1, 0.15) is 4.83 Å². The average Bonchev–Trinajstić information content (AvgIpc) is 2.88. The fraction of sp³-hybridized carbons (Fsp3) is 0.636. The van der Waals surface area contributed by atoms with Crippen LogP contribution >= 0.6 is 11.3 Å². The fourth-order valence-electron chi connectivity index (χ4n) is 6.21. The van der Waals surface area contributed by atoms with Gasteiger partial charge in [-0.3, -0.25) is 4.79 Å². The van der Waals surface area contributed by atoms with Crippen molar-refractivity contribution in [1.82, 2.24) is 4.98 Å². The molecule has 2 aromatic heterocycles. The zero-order valence-corrected chi connectivity index (χ0v) is 16.8. The maximum Gasteiger partial charge on any atom is 0.181 e. The maximum absolute atomic E-state index is 13.7. The fourth-order valence-corrected chi connectivity index (χ4v) is 7.37. The predicted molar refractivity (Wildman–Crippen MR) is 108 cm³/mol. The largest absolute Gasteiger partial charge is 0.397 e. The third-order valence-corrected chi connectivity index (χ3v) is 8.20. The van der Waals surface area contributed by atoms with Gasteiger partial charge in [-0.25, -0.2) is 4.98 Å². The summed E-state index contributed by atoms with van der Waals surface area (Å²) < 4.78 is 0. The molecule has 0 amide bonds. The highest BCUT2D eigenvalue weighted by molar-refractivity contribution is 7.21. The molecule has 4 aliphatic carbocycles. The Morgan fingerprint density at radius 1 is 1.12 bits per heavy atom. The number of nitrogens with two attached hydrogens (primary N) is 1. The summed E-state index contributed by atoms with van der Waals surface area (Å²) in [6.45, 7) is 6.50. The van der Waals surface area contributed by atoms with E-state index in [2.05, 4.69) is 32.9 Å². The molecule has 4 heteroatoms. The first-order chi connectivity index (χ1) is 12.2. The molecule has 3 nitrogen and oxygen atoms in total. The van der Waals surface area contributed by atoms with Crippen LogP contribution in [0.15, 0.2) is 12.1 Å². The van der Waals surface area contributed by atoms with Crippen molar-refractivity contribution in [3.05, 3.63) is 22.7 Å². The Hall–Kier alpha value is -1.42. The van der Waals surface area contributed by atoms with Crippen LogP contribution < -0.4 is 5.73 Å². The summed E-state index contributed by atoms with van der Waals surface area (Å²) in [5.74, 6) is 2.64. The van der Waals surface area contributed by atoms with E-state index in [0.717, 1.165) is 57.8 Å². The van der Waals surface area contributed by atoms with Crippen molar-refractivity contribution in [2.45, 2.75) is 64.7 Å². The highest BCUT2D eigenvalue weighted by atomic mass is 32.1. The number of anilines is 1. The Morgan fingerprint density at radius 3 is 2.23 bits per heavy atom. The molecule has 0 saturated heterocycles. The maximum atomic E-state index is 13.7. The van der Waals surface area contributed by atoms with Gasteiger partial charge in [0, 0.05) is 21.9 Å². The first kappa shape index (κ1) is 16.7. The lowest BCUT2D eigenvalue weighted by molar-refractivity contribution is -0.0350. The van der Waals surface area contributed by atoms with Crippen molar-refractivity contribution in [2.75, 3.05) is 5.73 Å². The van der Waals surface area contributed by atoms with Gasteiger partial charge >= 0.3 is 0 Å². The topological polar surface area (TPSA) is 56.0 Å². The number of carbonyl (C=O) groups excluding carboxylic acids is 1. The average molecular weight is 369 g/mol. The second kappa shape index (κ2) is 5.31. The summed E-state index contributed by atoms with van der Waals surface area (Å²) in [4.78, 5) is 20.2. The number of pyridine rings is 1. The molecule has 2 heterocycles. The van der Waals surface area contributed by atoms with Crippen LogP contribution in [0, 0.1) is 23.2 Å². The van der Waals surface area contributed by atoms with Crippen LogP contribution in [0.3, 0.4) is 0 Å². The SMILES string of the molecule is CC(C)(C)c1ccc2c(N)c(C(=O)C34CC5CC(CC(C5)C3)C4)sc2n1. The first-order valence-electron chi connectivity index (χ1n) is 9.99. The molecular formula is C22H28N2OS. The highest BCUT2D eigenvalue weighted by Gasteiger charge is 2.55. The molecule has 0 unspecified atom stereocenters. The van der Waals surface area contributed by atoms with E-state index in [0.29, 0.717) is 11.5 Å². The zero-order valence-electron chi connectivity index (χ0n) is 16.0. The number of rotatable bonds is 2. The van der Waals surface area contributed by atoms with Crippen LogP contribution in [0.25, 0.3) is 10.2 Å². The minimum Gasteiger partial charge on any atom is -0.397 e. The van der Waals surface area contributed by atoms with E-state index in [1.54, 1.807) is 0 Å². The molecule has 4 saturated carbocycles. The number of hydrogen-bond acceptors (Lipinski definition) is 4. The molecule has 4 fully saturated rings. The van der Waals surface area contributed by atoms with Gasteiger partial charge in [-0.15, -0.1) is 11.3 Å². The van der Waals surface area contributed by atoms with E-state index in [9.17, 15) is 4.79 Å². The number of fused-ring (bicyclic) bond motifs is 1. The molecule has 0 spiro atoms. The van der Waals surface area contributed by atoms with Gasteiger partial charge in [0.2, 0.25) is 0 Å². The summed E-state index contributed by atoms with van der Waals surface area (Å²) >= 11 is 1.53. The number of thiophene rings is 1. The van der Waals surface area contributed by atoms with E-state index in [1.807, 2.05) is 0 Å². The minimum absolute atomic E-state index is 0.00294. The number of ketones is 1. The van der Waals surface area contributed by atoms with Gasteiger partial charge in [-0.05, 0) is 68.4 Å². The molecule has 138 valence electrons. The Labute approximate surface area is 159 Å². The molecule has 4 bridgehead atoms. The molecule has 0 aromatic carbocycles. The lowest BCUT2D eigenvalue weighted by Crippen LogP contribution is -2.49. The Bertz CT molecular complexity index is 869. The highest BCUT2D eigenvalue weighted by Crippen LogP contribution is 2.61. The summed E-state index contributed by atoms with van der Waals surface area (Å²) in [7, 11) is 0. The third-order valence-electron chi connectivity index (χ3n) is 7.09. The van der Waals surface area contributed by atoms with Crippen molar-refractivity contribution in [3.8, 4) is 0 Å². The number of Topliss-reactive ketones (excluding diaryl/α,β-unsaturated/α-hetero) is 1. The van der Waals surface area contributed by atoms with Crippen LogP contribution in [-0.2, 0) is 5.41 Å². The standard InChI is InChI=1S/C22H28N2OS/c1-21(2,3)16-5-4-15-17(23)18(26-20(15)24-16)19(25)22-9-12-6-13(10-22)8-14(7-12)11-22/h4-5,12-14H,6-11,23H2,1-3H3.